The van der Waals surface area contributed by atoms with Crippen molar-refractivity contribution in [3.05, 3.63) is 46.5 Å². The summed E-state index contributed by atoms with van der Waals surface area (Å²) in [5.41, 5.74) is 5.15. The number of methoxy groups -OCH3 is 1. The largest absolute Gasteiger partial charge is 0.504 e. The first-order valence-electron chi connectivity index (χ1n) is 8.73. The Kier molecular flexibility index (Phi) is 3.01. The lowest BCUT2D eigenvalue weighted by Gasteiger charge is -2.49. The zero-order valence-electron chi connectivity index (χ0n) is 14.5. The Morgan fingerprint density at radius 2 is 1.96 bits per heavy atom. The van der Waals surface area contributed by atoms with Gasteiger partial charge in [0.1, 0.15) is 12.6 Å². The third kappa shape index (κ3) is 2.05. The lowest BCUT2D eigenvalue weighted by Crippen LogP contribution is -2.53. The van der Waals surface area contributed by atoms with E-state index in [-0.39, 0.29) is 5.75 Å². The fourth-order valence-corrected chi connectivity index (χ4v) is 4.73. The number of phenolic OH excluding ortho intramolecular Hbond substituents is 1. The molecule has 3 aliphatic heterocycles. The van der Waals surface area contributed by atoms with Crippen LogP contribution < -0.4 is 14.2 Å². The number of rotatable bonds is 1. The van der Waals surface area contributed by atoms with Gasteiger partial charge in [-0.1, -0.05) is 6.07 Å². The zero-order chi connectivity index (χ0) is 17.2. The molecule has 2 aromatic carbocycles. The molecule has 0 aliphatic carbocycles. The van der Waals surface area contributed by atoms with Gasteiger partial charge >= 0.3 is 0 Å². The maximum absolute atomic E-state index is 10.1. The van der Waals surface area contributed by atoms with Crippen LogP contribution in [0.25, 0.3) is 0 Å². The van der Waals surface area contributed by atoms with Crippen molar-refractivity contribution in [2.75, 3.05) is 27.5 Å². The van der Waals surface area contributed by atoms with Crippen LogP contribution in [0, 0.1) is 0 Å². The number of hydrogen-bond acceptors (Lipinski definition) is 4. The molecule has 0 radical (unpaired) electrons. The molecule has 0 bridgehead atoms. The first-order valence-corrected chi connectivity index (χ1v) is 8.73. The van der Waals surface area contributed by atoms with E-state index >= 15 is 0 Å². The van der Waals surface area contributed by atoms with E-state index in [1.54, 1.807) is 13.2 Å². The number of likely N-dealkylation sites (N-methyl/N-ethyl adjacent to an activating group) is 1. The molecule has 25 heavy (non-hydrogen) atoms. The lowest BCUT2D eigenvalue weighted by atomic mass is 9.81. The summed E-state index contributed by atoms with van der Waals surface area (Å²) in [6, 6.07) is 8.52. The summed E-state index contributed by atoms with van der Waals surface area (Å²) in [7, 11) is 3.94. The van der Waals surface area contributed by atoms with E-state index < -0.39 is 0 Å². The topological polar surface area (TPSA) is 47.9 Å². The average Bonchev–Trinajstić information content (AvgIpc) is 3.06. The summed E-state index contributed by atoms with van der Waals surface area (Å²) in [6.07, 6.45) is 1.96. The Bertz CT molecular complexity index is 878. The first-order chi connectivity index (χ1) is 12.1. The van der Waals surface area contributed by atoms with E-state index in [2.05, 4.69) is 19.2 Å². The van der Waals surface area contributed by atoms with E-state index in [9.17, 15) is 5.11 Å². The molecule has 0 amide bonds. The van der Waals surface area contributed by atoms with Crippen LogP contribution in [0.3, 0.4) is 0 Å². The average molecular weight is 340 g/mol. The van der Waals surface area contributed by atoms with Crippen LogP contribution in [0.4, 0.5) is 0 Å². The second-order valence-corrected chi connectivity index (χ2v) is 7.49. The molecule has 2 atom stereocenters. The number of phenols is 1. The second kappa shape index (κ2) is 5.05. The van der Waals surface area contributed by atoms with Crippen molar-refractivity contribution in [1.82, 2.24) is 0 Å². The standard InChI is InChI=1S/C20H21NO4/c1-21-6-5-13-8-18-19(25-11-24-18)9-14(13)16(21)7-12-3-4-17(22)20(23-2)15(12)10-21/h3-4,8-9,16H,5-7,10-11H2,1-2H3/p+1. The normalized spacial score (nSPS) is 25.8. The number of ether oxygens (including phenoxy) is 3. The first kappa shape index (κ1) is 14.9. The quantitative estimate of drug-likeness (QED) is 0.811. The van der Waals surface area contributed by atoms with Crippen LogP contribution in [0.1, 0.15) is 28.3 Å². The molecule has 5 heteroatoms. The SMILES string of the molecule is COc1c(O)ccc2c1C[N+]1(C)CCc3cc4c(cc3C1C2)OCO4. The predicted octanol–water partition coefficient (Wildman–Crippen LogP) is 2.93. The Morgan fingerprint density at radius 3 is 2.76 bits per heavy atom. The summed E-state index contributed by atoms with van der Waals surface area (Å²) >= 11 is 0. The molecule has 2 aromatic rings. The highest BCUT2D eigenvalue weighted by Gasteiger charge is 2.44. The van der Waals surface area contributed by atoms with E-state index in [4.69, 9.17) is 14.2 Å². The van der Waals surface area contributed by atoms with E-state index in [0.717, 1.165) is 47.5 Å². The molecule has 130 valence electrons. The Labute approximate surface area is 146 Å². The zero-order valence-corrected chi connectivity index (χ0v) is 14.5. The molecule has 5 nitrogen and oxygen atoms in total. The summed E-state index contributed by atoms with van der Waals surface area (Å²) in [4.78, 5) is 0. The Morgan fingerprint density at radius 1 is 1.16 bits per heavy atom. The second-order valence-electron chi connectivity index (χ2n) is 7.49. The van der Waals surface area contributed by atoms with Gasteiger partial charge in [0.15, 0.2) is 23.0 Å². The highest BCUT2D eigenvalue weighted by molar-refractivity contribution is 5.53. The van der Waals surface area contributed by atoms with Gasteiger partial charge in [-0.05, 0) is 29.3 Å². The number of benzene rings is 2. The van der Waals surface area contributed by atoms with Crippen molar-refractivity contribution in [1.29, 1.82) is 0 Å². The molecular weight excluding hydrogens is 318 g/mol. The Balaban J connectivity index is 1.63. The smallest absolute Gasteiger partial charge is 0.231 e. The lowest BCUT2D eigenvalue weighted by molar-refractivity contribution is -0.956. The van der Waals surface area contributed by atoms with Crippen molar-refractivity contribution in [2.24, 2.45) is 0 Å². The fourth-order valence-electron chi connectivity index (χ4n) is 4.73. The summed E-state index contributed by atoms with van der Waals surface area (Å²) in [5, 5.41) is 10.1. The number of fused-ring (bicyclic) bond motifs is 5. The fraction of sp³-hybridized carbons (Fsp3) is 0.400. The highest BCUT2D eigenvalue weighted by atomic mass is 16.7. The van der Waals surface area contributed by atoms with Gasteiger partial charge in [0.2, 0.25) is 6.79 Å². The van der Waals surface area contributed by atoms with Crippen molar-refractivity contribution in [3.8, 4) is 23.0 Å². The van der Waals surface area contributed by atoms with Crippen LogP contribution in [-0.4, -0.2) is 37.1 Å². The Hall–Kier alpha value is -2.40. The number of hydrogen-bond donors (Lipinski definition) is 1. The van der Waals surface area contributed by atoms with E-state index in [1.165, 1.54) is 16.7 Å². The molecule has 0 fully saturated rings. The van der Waals surface area contributed by atoms with Gasteiger partial charge < -0.3 is 23.8 Å². The molecule has 3 heterocycles. The van der Waals surface area contributed by atoms with Gasteiger partial charge in [0.05, 0.1) is 26.3 Å². The summed E-state index contributed by atoms with van der Waals surface area (Å²) in [5.74, 6) is 2.60. The van der Waals surface area contributed by atoms with Crippen molar-refractivity contribution >= 4 is 0 Å². The van der Waals surface area contributed by atoms with Gasteiger partial charge in [-0.15, -0.1) is 0 Å². The van der Waals surface area contributed by atoms with Crippen LogP contribution in [0.2, 0.25) is 0 Å². The van der Waals surface area contributed by atoms with E-state index in [0.29, 0.717) is 18.6 Å². The molecule has 0 aromatic heterocycles. The van der Waals surface area contributed by atoms with Crippen LogP contribution >= 0.6 is 0 Å². The van der Waals surface area contributed by atoms with Gasteiger partial charge in [-0.2, -0.15) is 0 Å². The molecule has 1 N–H and O–H groups in total. The molecule has 0 saturated carbocycles. The summed E-state index contributed by atoms with van der Waals surface area (Å²) < 4.78 is 17.6. The minimum absolute atomic E-state index is 0.229. The number of nitrogens with zero attached hydrogens (tertiary/aromatic N) is 1. The van der Waals surface area contributed by atoms with Crippen LogP contribution in [0.5, 0.6) is 23.0 Å². The van der Waals surface area contributed by atoms with Gasteiger partial charge in [-0.25, -0.2) is 0 Å². The molecule has 0 spiro atoms. The predicted molar refractivity (Wildman–Crippen MR) is 92.1 cm³/mol. The molecular formula is C20H22NO4+. The van der Waals surface area contributed by atoms with Crippen LogP contribution in [0.15, 0.2) is 24.3 Å². The van der Waals surface area contributed by atoms with Gasteiger partial charge in [0, 0.05) is 18.4 Å². The number of quaternary nitrogens is 1. The van der Waals surface area contributed by atoms with E-state index in [1.807, 2.05) is 6.07 Å². The highest BCUT2D eigenvalue weighted by Crippen LogP contribution is 2.49. The van der Waals surface area contributed by atoms with Crippen molar-refractivity contribution < 1.29 is 23.8 Å². The van der Waals surface area contributed by atoms with Gasteiger partial charge in [-0.3, -0.25) is 0 Å². The minimum Gasteiger partial charge on any atom is -0.504 e. The maximum Gasteiger partial charge on any atom is 0.231 e. The molecule has 3 aliphatic rings. The van der Waals surface area contributed by atoms with Crippen LogP contribution in [-0.2, 0) is 19.4 Å². The third-order valence-corrected chi connectivity index (χ3v) is 6.11. The van der Waals surface area contributed by atoms with Crippen molar-refractivity contribution in [3.63, 3.8) is 0 Å². The maximum atomic E-state index is 10.1. The molecule has 0 saturated heterocycles. The monoisotopic (exact) mass is 340 g/mol. The third-order valence-electron chi connectivity index (χ3n) is 6.11. The van der Waals surface area contributed by atoms with Crippen molar-refractivity contribution in [2.45, 2.75) is 25.4 Å². The number of aromatic hydroxyl groups is 1. The molecule has 2 unspecified atom stereocenters. The molecule has 5 rings (SSSR count). The van der Waals surface area contributed by atoms with Gasteiger partial charge in [0.25, 0.3) is 0 Å². The minimum atomic E-state index is 0.229. The summed E-state index contributed by atoms with van der Waals surface area (Å²) in [6.45, 7) is 2.25.